The van der Waals surface area contributed by atoms with Gasteiger partial charge in [-0.25, -0.2) is 9.97 Å². The molecule has 4 nitrogen and oxygen atoms in total. The van der Waals surface area contributed by atoms with Crippen molar-refractivity contribution < 1.29 is 4.74 Å². The van der Waals surface area contributed by atoms with Gasteiger partial charge in [0.15, 0.2) is 5.82 Å². The van der Waals surface area contributed by atoms with Gasteiger partial charge in [-0.3, -0.25) is 0 Å². The van der Waals surface area contributed by atoms with Crippen LogP contribution in [0, 0.1) is 0 Å². The summed E-state index contributed by atoms with van der Waals surface area (Å²) >= 11 is 3.44. The van der Waals surface area contributed by atoms with E-state index >= 15 is 0 Å². The Morgan fingerprint density at radius 1 is 1.10 bits per heavy atom. The van der Waals surface area contributed by atoms with Gasteiger partial charge in [0.2, 0.25) is 0 Å². The average molecular weight is 342 g/mol. The van der Waals surface area contributed by atoms with E-state index in [1.165, 1.54) is 5.56 Å². The number of anilines is 1. The van der Waals surface area contributed by atoms with E-state index in [1.807, 2.05) is 30.3 Å². The summed E-state index contributed by atoms with van der Waals surface area (Å²) in [6.45, 7) is 0.744. The summed E-state index contributed by atoms with van der Waals surface area (Å²) in [4.78, 5) is 9.06. The van der Waals surface area contributed by atoms with Gasteiger partial charge in [-0.05, 0) is 42.0 Å². The van der Waals surface area contributed by atoms with Crippen molar-refractivity contribution in [1.29, 1.82) is 0 Å². The minimum absolute atomic E-state index is 0.494. The molecule has 21 heavy (non-hydrogen) atoms. The first-order valence-corrected chi connectivity index (χ1v) is 7.49. The van der Waals surface area contributed by atoms with Crippen LogP contribution in [-0.2, 0) is 6.42 Å². The summed E-state index contributed by atoms with van der Waals surface area (Å²) in [5.74, 6) is 2.10. The number of rotatable bonds is 1. The Bertz CT molecular complexity index is 864. The van der Waals surface area contributed by atoms with Crippen molar-refractivity contribution in [1.82, 2.24) is 9.97 Å². The maximum atomic E-state index is 6.08. The largest absolute Gasteiger partial charge is 0.493 e. The number of nitrogens with zero attached hydrogens (tertiary/aromatic N) is 2. The van der Waals surface area contributed by atoms with Gasteiger partial charge in [0.1, 0.15) is 11.6 Å². The lowest BCUT2D eigenvalue weighted by Crippen LogP contribution is -1.98. The number of benzene rings is 2. The highest BCUT2D eigenvalue weighted by Gasteiger charge is 2.14. The highest BCUT2D eigenvalue weighted by atomic mass is 79.9. The molecule has 2 N–H and O–H groups in total. The Balaban J connectivity index is 1.89. The molecule has 0 spiro atoms. The molecular formula is C16H12BrN3O. The van der Waals surface area contributed by atoms with Crippen molar-refractivity contribution in [3.05, 3.63) is 46.4 Å². The van der Waals surface area contributed by atoms with Gasteiger partial charge < -0.3 is 10.5 Å². The summed E-state index contributed by atoms with van der Waals surface area (Å²) < 4.78 is 6.49. The fraction of sp³-hybridized carbons (Fsp3) is 0.125. The van der Waals surface area contributed by atoms with E-state index in [4.69, 9.17) is 10.5 Å². The van der Waals surface area contributed by atoms with Gasteiger partial charge in [-0.2, -0.15) is 0 Å². The molecule has 2 heterocycles. The van der Waals surface area contributed by atoms with Crippen molar-refractivity contribution in [3.8, 4) is 17.1 Å². The quantitative estimate of drug-likeness (QED) is 0.734. The Morgan fingerprint density at radius 2 is 2.00 bits per heavy atom. The Kier molecular flexibility index (Phi) is 2.82. The van der Waals surface area contributed by atoms with Crippen molar-refractivity contribution in [2.75, 3.05) is 12.3 Å². The van der Waals surface area contributed by atoms with E-state index in [0.29, 0.717) is 11.6 Å². The molecule has 0 radical (unpaired) electrons. The molecule has 0 bridgehead atoms. The van der Waals surface area contributed by atoms with E-state index in [1.54, 1.807) is 0 Å². The van der Waals surface area contributed by atoms with Crippen molar-refractivity contribution >= 4 is 32.7 Å². The first kappa shape index (κ1) is 12.6. The van der Waals surface area contributed by atoms with E-state index in [-0.39, 0.29) is 0 Å². The smallest absolute Gasteiger partial charge is 0.162 e. The van der Waals surface area contributed by atoms with Gasteiger partial charge in [0.25, 0.3) is 0 Å². The topological polar surface area (TPSA) is 61.0 Å². The zero-order chi connectivity index (χ0) is 14.4. The molecule has 3 aromatic rings. The molecule has 2 aromatic carbocycles. The summed E-state index contributed by atoms with van der Waals surface area (Å²) in [5.41, 5.74) is 9.09. The lowest BCUT2D eigenvalue weighted by Gasteiger charge is -2.07. The Morgan fingerprint density at radius 3 is 2.90 bits per heavy atom. The number of hydrogen-bond acceptors (Lipinski definition) is 4. The van der Waals surface area contributed by atoms with Crippen LogP contribution in [0.4, 0.5) is 5.82 Å². The van der Waals surface area contributed by atoms with E-state index in [0.717, 1.165) is 39.7 Å². The molecule has 0 amide bonds. The van der Waals surface area contributed by atoms with Crippen molar-refractivity contribution in [2.24, 2.45) is 0 Å². The monoisotopic (exact) mass is 341 g/mol. The lowest BCUT2D eigenvalue weighted by molar-refractivity contribution is 0.357. The van der Waals surface area contributed by atoms with Gasteiger partial charge >= 0.3 is 0 Å². The summed E-state index contributed by atoms with van der Waals surface area (Å²) in [6, 6.07) is 11.9. The molecule has 1 aliphatic rings. The molecule has 0 saturated heterocycles. The van der Waals surface area contributed by atoms with Crippen LogP contribution in [0.2, 0.25) is 0 Å². The van der Waals surface area contributed by atoms with Gasteiger partial charge in [-0.1, -0.05) is 15.9 Å². The molecule has 0 aliphatic carbocycles. The number of halogens is 1. The second-order valence-corrected chi connectivity index (χ2v) is 5.93. The van der Waals surface area contributed by atoms with Crippen molar-refractivity contribution in [2.45, 2.75) is 6.42 Å². The van der Waals surface area contributed by atoms with Crippen LogP contribution in [-0.4, -0.2) is 16.6 Å². The van der Waals surface area contributed by atoms with Crippen LogP contribution in [0.3, 0.4) is 0 Å². The average Bonchev–Trinajstić information content (AvgIpc) is 2.95. The number of nitrogen functional groups attached to an aromatic ring is 1. The number of hydrogen-bond donors (Lipinski definition) is 1. The predicted molar refractivity (Wildman–Crippen MR) is 86.3 cm³/mol. The van der Waals surface area contributed by atoms with Crippen LogP contribution in [0.25, 0.3) is 22.3 Å². The minimum Gasteiger partial charge on any atom is -0.493 e. The SMILES string of the molecule is Nc1nc(-c2ccc3c(c2)CCO3)nc2ccc(Br)cc12. The van der Waals surface area contributed by atoms with E-state index in [9.17, 15) is 0 Å². The van der Waals surface area contributed by atoms with E-state index < -0.39 is 0 Å². The molecule has 104 valence electrons. The number of nitrogens with two attached hydrogens (primary N) is 1. The van der Waals surface area contributed by atoms with Crippen LogP contribution < -0.4 is 10.5 Å². The molecule has 1 aliphatic heterocycles. The fourth-order valence-corrected chi connectivity index (χ4v) is 2.94. The minimum atomic E-state index is 0.494. The third-order valence-electron chi connectivity index (χ3n) is 3.63. The first-order valence-electron chi connectivity index (χ1n) is 6.69. The van der Waals surface area contributed by atoms with Crippen molar-refractivity contribution in [3.63, 3.8) is 0 Å². The second kappa shape index (κ2) is 4.70. The maximum Gasteiger partial charge on any atom is 0.162 e. The van der Waals surface area contributed by atoms with Gasteiger partial charge in [0.05, 0.1) is 12.1 Å². The normalized spacial score (nSPS) is 13.2. The molecular weight excluding hydrogens is 330 g/mol. The van der Waals surface area contributed by atoms with Crippen LogP contribution >= 0.6 is 15.9 Å². The molecule has 1 aromatic heterocycles. The zero-order valence-corrected chi connectivity index (χ0v) is 12.7. The maximum absolute atomic E-state index is 6.08. The summed E-state index contributed by atoms with van der Waals surface area (Å²) in [7, 11) is 0. The second-order valence-electron chi connectivity index (χ2n) is 5.01. The van der Waals surface area contributed by atoms with Gasteiger partial charge in [-0.15, -0.1) is 0 Å². The molecule has 0 fully saturated rings. The third-order valence-corrected chi connectivity index (χ3v) is 4.13. The molecule has 4 rings (SSSR count). The van der Waals surface area contributed by atoms with Crippen LogP contribution in [0.5, 0.6) is 5.75 Å². The molecule has 0 unspecified atom stereocenters. The van der Waals surface area contributed by atoms with Gasteiger partial charge in [0, 0.05) is 21.8 Å². The molecule has 0 saturated carbocycles. The number of fused-ring (bicyclic) bond motifs is 2. The highest BCUT2D eigenvalue weighted by Crippen LogP contribution is 2.31. The number of aromatic nitrogens is 2. The summed E-state index contributed by atoms with van der Waals surface area (Å²) in [6.07, 6.45) is 0.930. The highest BCUT2D eigenvalue weighted by molar-refractivity contribution is 9.10. The van der Waals surface area contributed by atoms with E-state index in [2.05, 4.69) is 32.0 Å². The zero-order valence-electron chi connectivity index (χ0n) is 11.1. The van der Waals surface area contributed by atoms with Crippen LogP contribution in [0.1, 0.15) is 5.56 Å². The van der Waals surface area contributed by atoms with Crippen LogP contribution in [0.15, 0.2) is 40.9 Å². The first-order chi connectivity index (χ1) is 10.2. The molecule has 0 atom stereocenters. The lowest BCUT2D eigenvalue weighted by atomic mass is 10.1. The fourth-order valence-electron chi connectivity index (χ4n) is 2.58. The predicted octanol–water partition coefficient (Wildman–Crippen LogP) is 3.58. The third kappa shape index (κ3) is 2.14. The summed E-state index contributed by atoms with van der Waals surface area (Å²) in [5, 5.41) is 0.859. The number of ether oxygens (including phenoxy) is 1. The Hall–Kier alpha value is -2.14. The standard InChI is InChI=1S/C16H12BrN3O/c17-11-2-3-13-12(8-11)15(18)20-16(19-13)10-1-4-14-9(7-10)5-6-21-14/h1-4,7-8H,5-6H2,(H2,18,19,20). The molecule has 5 heteroatoms. The Labute approximate surface area is 130 Å².